The molecule has 0 aliphatic heterocycles. The summed E-state index contributed by atoms with van der Waals surface area (Å²) in [5.74, 6) is 0. The van der Waals surface area contributed by atoms with Crippen molar-refractivity contribution in [2.24, 2.45) is 0 Å². The SMILES string of the molecule is O=C(Oc1ncccn1)Oc1ncccn1. The van der Waals surface area contributed by atoms with E-state index in [0.717, 1.165) is 0 Å². The summed E-state index contributed by atoms with van der Waals surface area (Å²) in [5.41, 5.74) is 0. The molecule has 0 saturated heterocycles. The quantitative estimate of drug-likeness (QED) is 0.690. The average molecular weight is 218 g/mol. The first-order valence-electron chi connectivity index (χ1n) is 4.28. The van der Waals surface area contributed by atoms with Crippen LogP contribution in [0.25, 0.3) is 0 Å². The number of carbonyl (C=O) groups excluding carboxylic acids is 1. The van der Waals surface area contributed by atoms with Crippen LogP contribution in [0.15, 0.2) is 36.9 Å². The van der Waals surface area contributed by atoms with Crippen LogP contribution in [0.1, 0.15) is 0 Å². The highest BCUT2D eigenvalue weighted by Gasteiger charge is 2.10. The Balaban J connectivity index is 1.95. The predicted octanol–water partition coefficient (Wildman–Crippen LogP) is 0.844. The molecule has 2 heterocycles. The van der Waals surface area contributed by atoms with Crippen molar-refractivity contribution in [2.75, 3.05) is 0 Å². The molecule has 0 aliphatic rings. The lowest BCUT2D eigenvalue weighted by molar-refractivity contribution is 0.144. The minimum Gasteiger partial charge on any atom is -0.358 e. The molecule has 16 heavy (non-hydrogen) atoms. The Bertz CT molecular complexity index is 419. The fourth-order valence-corrected chi connectivity index (χ4v) is 0.846. The summed E-state index contributed by atoms with van der Waals surface area (Å²) in [6.45, 7) is 0. The first kappa shape index (κ1) is 9.97. The third-order valence-corrected chi connectivity index (χ3v) is 1.43. The molecule has 0 N–H and O–H groups in total. The second kappa shape index (κ2) is 4.78. The van der Waals surface area contributed by atoms with Gasteiger partial charge in [0.25, 0.3) is 0 Å². The van der Waals surface area contributed by atoms with Gasteiger partial charge in [-0.2, -0.15) is 0 Å². The molecule has 0 unspecified atom stereocenters. The van der Waals surface area contributed by atoms with Crippen LogP contribution in [0, 0.1) is 0 Å². The highest BCUT2D eigenvalue weighted by molar-refractivity contribution is 5.64. The Morgan fingerprint density at radius 2 is 1.19 bits per heavy atom. The second-order valence-corrected chi connectivity index (χ2v) is 2.52. The zero-order valence-corrected chi connectivity index (χ0v) is 7.98. The van der Waals surface area contributed by atoms with Gasteiger partial charge in [-0.1, -0.05) is 0 Å². The summed E-state index contributed by atoms with van der Waals surface area (Å²) in [7, 11) is 0. The third kappa shape index (κ3) is 2.71. The molecule has 0 saturated carbocycles. The number of nitrogens with zero attached hydrogens (tertiary/aromatic N) is 4. The van der Waals surface area contributed by atoms with Crippen molar-refractivity contribution in [2.45, 2.75) is 0 Å². The van der Waals surface area contributed by atoms with E-state index in [1.165, 1.54) is 24.8 Å². The monoisotopic (exact) mass is 218 g/mol. The fraction of sp³-hybridized carbons (Fsp3) is 0. The molecule has 0 spiro atoms. The van der Waals surface area contributed by atoms with Crippen LogP contribution >= 0.6 is 0 Å². The minimum absolute atomic E-state index is 0.0940. The zero-order chi connectivity index (χ0) is 11.2. The Labute approximate surface area is 90.1 Å². The van der Waals surface area contributed by atoms with Crippen molar-refractivity contribution in [3.8, 4) is 12.0 Å². The number of ether oxygens (including phenoxy) is 2. The smallest absolute Gasteiger partial charge is 0.358 e. The normalized spacial score (nSPS) is 9.50. The van der Waals surface area contributed by atoms with E-state index >= 15 is 0 Å². The van der Waals surface area contributed by atoms with Gasteiger partial charge in [0.05, 0.1) is 0 Å². The average Bonchev–Trinajstić information content (AvgIpc) is 2.31. The summed E-state index contributed by atoms with van der Waals surface area (Å²) in [6.07, 6.45) is 4.77. The Hall–Kier alpha value is -2.57. The molecule has 0 atom stereocenters. The molecule has 7 nitrogen and oxygen atoms in total. The van der Waals surface area contributed by atoms with E-state index in [0.29, 0.717) is 0 Å². The Morgan fingerprint density at radius 3 is 1.56 bits per heavy atom. The molecule has 0 bridgehead atoms. The van der Waals surface area contributed by atoms with E-state index in [4.69, 9.17) is 0 Å². The fourth-order valence-electron chi connectivity index (χ4n) is 0.846. The lowest BCUT2D eigenvalue weighted by Crippen LogP contribution is -2.16. The zero-order valence-electron chi connectivity index (χ0n) is 7.98. The van der Waals surface area contributed by atoms with Crippen molar-refractivity contribution in [3.05, 3.63) is 36.9 Å². The lowest BCUT2D eigenvalue weighted by Gasteiger charge is -2.00. The maximum Gasteiger partial charge on any atom is 0.524 e. The van der Waals surface area contributed by atoms with Gasteiger partial charge >= 0.3 is 18.2 Å². The van der Waals surface area contributed by atoms with Gasteiger partial charge in [-0.05, 0) is 12.1 Å². The topological polar surface area (TPSA) is 87.1 Å². The molecule has 0 radical (unpaired) electrons. The molecular weight excluding hydrogens is 212 g/mol. The van der Waals surface area contributed by atoms with E-state index in [9.17, 15) is 4.79 Å². The van der Waals surface area contributed by atoms with Gasteiger partial charge < -0.3 is 9.47 Å². The number of aromatic nitrogens is 4. The second-order valence-electron chi connectivity index (χ2n) is 2.52. The van der Waals surface area contributed by atoms with E-state index in [1.54, 1.807) is 12.1 Å². The van der Waals surface area contributed by atoms with Gasteiger partial charge in [-0.3, -0.25) is 0 Å². The van der Waals surface area contributed by atoms with Gasteiger partial charge in [0.2, 0.25) is 0 Å². The number of hydrogen-bond donors (Lipinski definition) is 0. The summed E-state index contributed by atoms with van der Waals surface area (Å²) in [4.78, 5) is 25.9. The summed E-state index contributed by atoms with van der Waals surface area (Å²) in [6, 6.07) is 3.00. The molecule has 0 fully saturated rings. The maximum absolute atomic E-state index is 11.2. The van der Waals surface area contributed by atoms with E-state index < -0.39 is 6.16 Å². The van der Waals surface area contributed by atoms with Crippen LogP contribution in [0.3, 0.4) is 0 Å². The van der Waals surface area contributed by atoms with Crippen molar-refractivity contribution in [1.82, 2.24) is 19.9 Å². The number of carbonyl (C=O) groups is 1. The van der Waals surface area contributed by atoms with Gasteiger partial charge in [-0.15, -0.1) is 0 Å². The molecule has 0 amide bonds. The van der Waals surface area contributed by atoms with Crippen LogP contribution in [0.2, 0.25) is 0 Å². The van der Waals surface area contributed by atoms with Crippen molar-refractivity contribution < 1.29 is 14.3 Å². The number of hydrogen-bond acceptors (Lipinski definition) is 7. The first-order chi connectivity index (χ1) is 7.84. The van der Waals surface area contributed by atoms with Crippen LogP contribution in [-0.2, 0) is 0 Å². The maximum atomic E-state index is 11.2. The van der Waals surface area contributed by atoms with Crippen LogP contribution in [0.5, 0.6) is 12.0 Å². The van der Waals surface area contributed by atoms with Gasteiger partial charge in [0.15, 0.2) is 0 Å². The standard InChI is InChI=1S/C9H6N4O3/c14-9(15-7-10-3-1-4-11-7)16-8-12-5-2-6-13-8/h1-6H. The number of rotatable bonds is 2. The highest BCUT2D eigenvalue weighted by atomic mass is 16.7. The molecule has 80 valence electrons. The predicted molar refractivity (Wildman–Crippen MR) is 50.7 cm³/mol. The van der Waals surface area contributed by atoms with Gasteiger partial charge in [0, 0.05) is 24.8 Å². The minimum atomic E-state index is -0.989. The summed E-state index contributed by atoms with van der Waals surface area (Å²) >= 11 is 0. The largest absolute Gasteiger partial charge is 0.524 e. The van der Waals surface area contributed by atoms with E-state index in [1.807, 2.05) is 0 Å². The van der Waals surface area contributed by atoms with Crippen LogP contribution in [0.4, 0.5) is 4.79 Å². The Morgan fingerprint density at radius 1 is 0.812 bits per heavy atom. The molecule has 2 aromatic heterocycles. The van der Waals surface area contributed by atoms with Gasteiger partial charge in [0.1, 0.15) is 0 Å². The molecule has 2 rings (SSSR count). The molecule has 2 aromatic rings. The molecule has 7 heteroatoms. The van der Waals surface area contributed by atoms with Crippen LogP contribution in [-0.4, -0.2) is 26.1 Å². The molecular formula is C9H6N4O3. The lowest BCUT2D eigenvalue weighted by atomic mass is 10.7. The third-order valence-electron chi connectivity index (χ3n) is 1.43. The van der Waals surface area contributed by atoms with E-state index in [2.05, 4.69) is 29.4 Å². The summed E-state index contributed by atoms with van der Waals surface area (Å²) in [5, 5.41) is 0. The van der Waals surface area contributed by atoms with E-state index in [-0.39, 0.29) is 12.0 Å². The highest BCUT2D eigenvalue weighted by Crippen LogP contribution is 2.02. The van der Waals surface area contributed by atoms with Gasteiger partial charge in [-0.25, -0.2) is 24.7 Å². The molecule has 0 aromatic carbocycles. The first-order valence-corrected chi connectivity index (χ1v) is 4.28. The van der Waals surface area contributed by atoms with Crippen molar-refractivity contribution in [3.63, 3.8) is 0 Å². The summed E-state index contributed by atoms with van der Waals surface area (Å²) < 4.78 is 9.31. The Kier molecular flexibility index (Phi) is 2.98. The van der Waals surface area contributed by atoms with Crippen molar-refractivity contribution in [1.29, 1.82) is 0 Å². The molecule has 0 aliphatic carbocycles. The van der Waals surface area contributed by atoms with Crippen LogP contribution < -0.4 is 9.47 Å². The van der Waals surface area contributed by atoms with Crippen molar-refractivity contribution >= 4 is 6.16 Å².